The number of morpholine rings is 1. The van der Waals surface area contributed by atoms with E-state index < -0.39 is 0 Å². The summed E-state index contributed by atoms with van der Waals surface area (Å²) in [5.74, 6) is 0.375. The zero-order valence-corrected chi connectivity index (χ0v) is 12.8. The molecule has 1 aromatic rings. The second-order valence-corrected chi connectivity index (χ2v) is 6.52. The fourth-order valence-corrected chi connectivity index (χ4v) is 4.04. The van der Waals surface area contributed by atoms with Gasteiger partial charge in [0.15, 0.2) is 0 Å². The number of rotatable bonds is 2. The summed E-state index contributed by atoms with van der Waals surface area (Å²) in [6, 6.07) is 0.234. The Labute approximate surface area is 130 Å². The van der Waals surface area contributed by atoms with Crippen LogP contribution in [-0.2, 0) is 9.47 Å². The van der Waals surface area contributed by atoms with Crippen LogP contribution < -0.4 is 0 Å². The molecule has 1 N–H and O–H groups in total. The molecule has 1 aliphatic carbocycles. The molecule has 6 heteroatoms. The third-order valence-corrected chi connectivity index (χ3v) is 5.23. The van der Waals surface area contributed by atoms with E-state index in [0.717, 1.165) is 37.1 Å². The average molecular weight is 305 g/mol. The maximum absolute atomic E-state index is 13.1. The van der Waals surface area contributed by atoms with Crippen molar-refractivity contribution in [2.24, 2.45) is 0 Å². The number of fused-ring (bicyclic) bond motifs is 1. The maximum Gasteiger partial charge on any atom is 0.257 e. The third-order valence-electron chi connectivity index (χ3n) is 5.23. The van der Waals surface area contributed by atoms with Gasteiger partial charge in [0, 0.05) is 19.1 Å². The number of nitrogens with one attached hydrogen (secondary N) is 1. The van der Waals surface area contributed by atoms with E-state index in [4.69, 9.17) is 9.47 Å². The number of carbonyl (C=O) groups is 1. The van der Waals surface area contributed by atoms with Gasteiger partial charge in [-0.2, -0.15) is 5.10 Å². The Morgan fingerprint density at radius 3 is 3.05 bits per heavy atom. The summed E-state index contributed by atoms with van der Waals surface area (Å²) in [5.41, 5.74) is 1.67. The molecule has 0 radical (unpaired) electrons. The van der Waals surface area contributed by atoms with Gasteiger partial charge in [0.1, 0.15) is 0 Å². The molecule has 0 aromatic carbocycles. The summed E-state index contributed by atoms with van der Waals surface area (Å²) < 4.78 is 11.3. The number of amides is 1. The fourth-order valence-electron chi connectivity index (χ4n) is 4.04. The summed E-state index contributed by atoms with van der Waals surface area (Å²) in [5, 5.41) is 7.16. The highest BCUT2D eigenvalue weighted by molar-refractivity contribution is 5.95. The number of aromatic amines is 1. The van der Waals surface area contributed by atoms with Crippen molar-refractivity contribution in [3.8, 4) is 0 Å². The van der Waals surface area contributed by atoms with Crippen LogP contribution >= 0.6 is 0 Å². The Bertz CT molecular complexity index is 536. The molecule has 120 valence electrons. The zero-order chi connectivity index (χ0) is 14.9. The van der Waals surface area contributed by atoms with Crippen molar-refractivity contribution in [3.05, 3.63) is 17.5 Å². The lowest BCUT2D eigenvalue weighted by molar-refractivity contribution is -0.0753. The van der Waals surface area contributed by atoms with Crippen molar-refractivity contribution in [2.45, 2.75) is 50.2 Å². The highest BCUT2D eigenvalue weighted by atomic mass is 16.5. The highest BCUT2D eigenvalue weighted by Gasteiger charge is 2.38. The van der Waals surface area contributed by atoms with E-state index in [2.05, 4.69) is 10.2 Å². The lowest BCUT2D eigenvalue weighted by Crippen LogP contribution is -2.54. The SMILES string of the molecule is O=C(c1cn[nH]c1C1CCOC1)N1CCOC2CCCCC21. The van der Waals surface area contributed by atoms with Crippen LogP contribution in [0.1, 0.15) is 54.1 Å². The summed E-state index contributed by atoms with van der Waals surface area (Å²) in [6.45, 7) is 2.77. The molecule has 3 atom stereocenters. The molecular formula is C16H23N3O3. The van der Waals surface area contributed by atoms with Crippen LogP contribution in [0, 0.1) is 0 Å². The standard InChI is InChI=1S/C16H23N3O3/c20-16(12-9-17-18-15(12)11-5-7-21-10-11)19-6-8-22-14-4-2-1-3-13(14)19/h9,11,13-14H,1-8,10H2,(H,17,18). The summed E-state index contributed by atoms with van der Waals surface area (Å²) in [4.78, 5) is 15.1. The van der Waals surface area contributed by atoms with Gasteiger partial charge in [-0.3, -0.25) is 9.89 Å². The first-order valence-corrected chi connectivity index (χ1v) is 8.38. The minimum absolute atomic E-state index is 0.107. The van der Waals surface area contributed by atoms with E-state index in [1.807, 2.05) is 4.90 Å². The number of hydrogen-bond donors (Lipinski definition) is 1. The van der Waals surface area contributed by atoms with E-state index in [1.54, 1.807) is 6.20 Å². The molecule has 3 unspecified atom stereocenters. The van der Waals surface area contributed by atoms with E-state index in [0.29, 0.717) is 19.8 Å². The molecule has 2 saturated heterocycles. The van der Waals surface area contributed by atoms with E-state index >= 15 is 0 Å². The van der Waals surface area contributed by atoms with Crippen molar-refractivity contribution in [2.75, 3.05) is 26.4 Å². The van der Waals surface area contributed by atoms with E-state index in [-0.39, 0.29) is 24.0 Å². The van der Waals surface area contributed by atoms with Crippen molar-refractivity contribution >= 4 is 5.91 Å². The van der Waals surface area contributed by atoms with E-state index in [1.165, 1.54) is 12.8 Å². The molecule has 3 aliphatic rings. The van der Waals surface area contributed by atoms with Gasteiger partial charge in [-0.15, -0.1) is 0 Å². The van der Waals surface area contributed by atoms with Crippen LogP contribution in [0.25, 0.3) is 0 Å². The van der Waals surface area contributed by atoms with Gasteiger partial charge in [0.05, 0.1) is 42.8 Å². The molecule has 1 saturated carbocycles. The Hall–Kier alpha value is -1.40. The number of H-pyrrole nitrogens is 1. The van der Waals surface area contributed by atoms with Crippen LogP contribution in [0.5, 0.6) is 0 Å². The normalized spacial score (nSPS) is 32.0. The first-order valence-electron chi connectivity index (χ1n) is 8.38. The lowest BCUT2D eigenvalue weighted by Gasteiger charge is -2.43. The number of ether oxygens (including phenoxy) is 2. The van der Waals surface area contributed by atoms with E-state index in [9.17, 15) is 4.79 Å². The van der Waals surface area contributed by atoms with Gasteiger partial charge in [-0.05, 0) is 19.3 Å². The Morgan fingerprint density at radius 2 is 2.18 bits per heavy atom. The molecule has 0 spiro atoms. The average Bonchev–Trinajstić information content (AvgIpc) is 3.24. The topological polar surface area (TPSA) is 67.5 Å². The number of nitrogens with zero attached hydrogens (tertiary/aromatic N) is 2. The molecule has 22 heavy (non-hydrogen) atoms. The highest BCUT2D eigenvalue weighted by Crippen LogP contribution is 2.31. The third kappa shape index (κ3) is 2.44. The molecule has 3 heterocycles. The Balaban J connectivity index is 1.57. The predicted molar refractivity (Wildman–Crippen MR) is 79.8 cm³/mol. The Kier molecular flexibility index (Phi) is 3.88. The first-order chi connectivity index (χ1) is 10.8. The lowest BCUT2D eigenvalue weighted by atomic mass is 9.89. The van der Waals surface area contributed by atoms with Crippen molar-refractivity contribution < 1.29 is 14.3 Å². The predicted octanol–water partition coefficient (Wildman–Crippen LogP) is 1.70. The maximum atomic E-state index is 13.1. The largest absolute Gasteiger partial charge is 0.381 e. The summed E-state index contributed by atoms with van der Waals surface area (Å²) in [7, 11) is 0. The van der Waals surface area contributed by atoms with Gasteiger partial charge in [-0.25, -0.2) is 0 Å². The monoisotopic (exact) mass is 305 g/mol. The van der Waals surface area contributed by atoms with Crippen molar-refractivity contribution in [1.82, 2.24) is 15.1 Å². The second kappa shape index (κ2) is 6.01. The molecule has 1 aromatic heterocycles. The Morgan fingerprint density at radius 1 is 1.27 bits per heavy atom. The smallest absolute Gasteiger partial charge is 0.257 e. The van der Waals surface area contributed by atoms with Crippen molar-refractivity contribution in [3.63, 3.8) is 0 Å². The molecule has 4 rings (SSSR count). The molecule has 0 bridgehead atoms. The van der Waals surface area contributed by atoms with Gasteiger partial charge in [0.25, 0.3) is 5.91 Å². The van der Waals surface area contributed by atoms with Crippen LogP contribution in [0.3, 0.4) is 0 Å². The quantitative estimate of drug-likeness (QED) is 0.903. The number of aromatic nitrogens is 2. The molecule has 2 aliphatic heterocycles. The minimum atomic E-state index is 0.107. The summed E-state index contributed by atoms with van der Waals surface area (Å²) >= 11 is 0. The van der Waals surface area contributed by atoms with Crippen LogP contribution in [0.4, 0.5) is 0 Å². The minimum Gasteiger partial charge on any atom is -0.381 e. The zero-order valence-electron chi connectivity index (χ0n) is 12.8. The van der Waals surface area contributed by atoms with Crippen molar-refractivity contribution in [1.29, 1.82) is 0 Å². The molecule has 1 amide bonds. The fraction of sp³-hybridized carbons (Fsp3) is 0.750. The van der Waals surface area contributed by atoms with Gasteiger partial charge < -0.3 is 14.4 Å². The van der Waals surface area contributed by atoms with Crippen LogP contribution in [-0.4, -0.2) is 59.5 Å². The van der Waals surface area contributed by atoms with Gasteiger partial charge >= 0.3 is 0 Å². The second-order valence-electron chi connectivity index (χ2n) is 6.52. The van der Waals surface area contributed by atoms with Gasteiger partial charge in [0.2, 0.25) is 0 Å². The van der Waals surface area contributed by atoms with Crippen LogP contribution in [0.2, 0.25) is 0 Å². The molecule has 3 fully saturated rings. The summed E-state index contributed by atoms with van der Waals surface area (Å²) in [6.07, 6.45) is 7.37. The molecular weight excluding hydrogens is 282 g/mol. The molecule has 6 nitrogen and oxygen atoms in total. The first kappa shape index (κ1) is 14.2. The van der Waals surface area contributed by atoms with Gasteiger partial charge in [-0.1, -0.05) is 12.8 Å². The number of hydrogen-bond acceptors (Lipinski definition) is 4. The number of carbonyl (C=O) groups excluding carboxylic acids is 1. The van der Waals surface area contributed by atoms with Crippen LogP contribution in [0.15, 0.2) is 6.20 Å².